The first kappa shape index (κ1) is 26.3. The van der Waals surface area contributed by atoms with Gasteiger partial charge in [0.25, 0.3) is 0 Å². The molecule has 1 saturated carbocycles. The zero-order valence-corrected chi connectivity index (χ0v) is 21.9. The van der Waals surface area contributed by atoms with E-state index in [-0.39, 0.29) is 36.2 Å². The number of hydrogen-bond acceptors (Lipinski definition) is 5. The number of carbonyl (C=O) groups is 1. The Balaban J connectivity index is 1.39. The van der Waals surface area contributed by atoms with E-state index < -0.39 is 26.5 Å². The first-order chi connectivity index (χ1) is 17.7. The topological polar surface area (TPSA) is 95.9 Å². The van der Waals surface area contributed by atoms with Crippen molar-refractivity contribution in [2.24, 2.45) is 0 Å². The van der Waals surface area contributed by atoms with Gasteiger partial charge in [0.15, 0.2) is 0 Å². The van der Waals surface area contributed by atoms with Gasteiger partial charge in [-0.1, -0.05) is 42.5 Å². The second-order valence-electron chi connectivity index (χ2n) is 10.7. The molecular formula is C28H35FN2O5S. The Morgan fingerprint density at radius 2 is 1.84 bits per heavy atom. The third kappa shape index (κ3) is 5.06. The number of nitrogens with one attached hydrogen (secondary N) is 1. The van der Waals surface area contributed by atoms with E-state index in [0.717, 1.165) is 5.56 Å². The number of rotatable bonds is 6. The summed E-state index contributed by atoms with van der Waals surface area (Å²) < 4.78 is 49.6. The van der Waals surface area contributed by atoms with Crippen molar-refractivity contribution < 1.29 is 27.4 Å². The summed E-state index contributed by atoms with van der Waals surface area (Å²) in [5.41, 5.74) is 0.701. The number of amides is 1. The molecule has 2 aromatic carbocycles. The van der Waals surface area contributed by atoms with Crippen molar-refractivity contribution in [3.05, 3.63) is 71.0 Å². The number of sulfonamides is 1. The number of benzene rings is 2. The maximum atomic E-state index is 15.6. The van der Waals surface area contributed by atoms with Crippen molar-refractivity contribution in [2.75, 3.05) is 13.2 Å². The summed E-state index contributed by atoms with van der Waals surface area (Å²) in [5.74, 6) is -0.683. The second kappa shape index (κ2) is 10.4. The average Bonchev–Trinajstić information content (AvgIpc) is 2.87. The fourth-order valence-corrected chi connectivity index (χ4v) is 8.08. The van der Waals surface area contributed by atoms with E-state index in [4.69, 9.17) is 4.74 Å². The van der Waals surface area contributed by atoms with Crippen LogP contribution in [0.25, 0.3) is 0 Å². The zero-order valence-electron chi connectivity index (χ0n) is 21.1. The molecule has 2 aromatic rings. The fourth-order valence-electron chi connectivity index (χ4n) is 5.89. The number of halogens is 1. The second-order valence-corrected chi connectivity index (χ2v) is 12.8. The first-order valence-corrected chi connectivity index (χ1v) is 14.6. The number of aliphatic hydroxyl groups is 1. The van der Waals surface area contributed by atoms with Gasteiger partial charge in [0, 0.05) is 37.4 Å². The third-order valence-electron chi connectivity index (χ3n) is 8.36. The normalized spacial score (nSPS) is 29.3. The summed E-state index contributed by atoms with van der Waals surface area (Å²) >= 11 is 0. The maximum absolute atomic E-state index is 15.6. The molecule has 2 aliphatic heterocycles. The highest BCUT2D eigenvalue weighted by Crippen LogP contribution is 2.40. The SMILES string of the molecule is C[C@H]1CC[C@H](c2ccccc2)S(=O)(=O)N1Cc1ccc(C2(C(=O)NC3CC(O)C3)CCOCC2)cc1F. The van der Waals surface area contributed by atoms with E-state index in [9.17, 15) is 18.3 Å². The Morgan fingerprint density at radius 1 is 1.14 bits per heavy atom. The van der Waals surface area contributed by atoms with Gasteiger partial charge in [0.05, 0.1) is 11.5 Å². The van der Waals surface area contributed by atoms with E-state index in [1.807, 2.05) is 37.3 Å². The predicted octanol–water partition coefficient (Wildman–Crippen LogP) is 3.57. The Morgan fingerprint density at radius 3 is 2.49 bits per heavy atom. The van der Waals surface area contributed by atoms with E-state index in [1.165, 1.54) is 10.4 Å². The fraction of sp³-hybridized carbons (Fsp3) is 0.536. The molecule has 1 amide bonds. The summed E-state index contributed by atoms with van der Waals surface area (Å²) in [4.78, 5) is 13.4. The van der Waals surface area contributed by atoms with Gasteiger partial charge in [-0.05, 0) is 62.6 Å². The van der Waals surface area contributed by atoms with Gasteiger partial charge in [-0.15, -0.1) is 0 Å². The van der Waals surface area contributed by atoms with E-state index >= 15 is 4.39 Å². The number of aliphatic hydroxyl groups excluding tert-OH is 1. The lowest BCUT2D eigenvalue weighted by Crippen LogP contribution is -2.55. The molecule has 3 aliphatic rings. The molecule has 0 unspecified atom stereocenters. The van der Waals surface area contributed by atoms with Crippen molar-refractivity contribution in [1.82, 2.24) is 9.62 Å². The van der Waals surface area contributed by atoms with E-state index in [2.05, 4.69) is 5.32 Å². The summed E-state index contributed by atoms with van der Waals surface area (Å²) in [5, 5.41) is 12.0. The highest BCUT2D eigenvalue weighted by atomic mass is 32.2. The van der Waals surface area contributed by atoms with Crippen LogP contribution in [-0.2, 0) is 31.5 Å². The van der Waals surface area contributed by atoms with Crippen molar-refractivity contribution >= 4 is 15.9 Å². The molecule has 2 atom stereocenters. The number of carbonyl (C=O) groups excluding carboxylic acids is 1. The number of nitrogens with zero attached hydrogens (tertiary/aromatic N) is 1. The molecule has 0 spiro atoms. The Labute approximate surface area is 218 Å². The Kier molecular flexibility index (Phi) is 7.42. The van der Waals surface area contributed by atoms with Crippen LogP contribution in [0.4, 0.5) is 4.39 Å². The van der Waals surface area contributed by atoms with Gasteiger partial charge < -0.3 is 15.2 Å². The standard InChI is InChI=1S/C28H35FN2O5S/c1-19-7-10-26(20-5-3-2-4-6-20)37(34,35)31(19)18-21-8-9-22(15-25(21)29)28(11-13-36-14-12-28)27(33)30-23-16-24(32)17-23/h2-6,8-9,15,19,23-24,26,32H,7,10-14,16-18H2,1H3,(H,30,33)/t19-,23?,24?,26+/m0/s1. The minimum atomic E-state index is -3.69. The molecule has 0 radical (unpaired) electrons. The van der Waals surface area contributed by atoms with E-state index in [0.29, 0.717) is 57.3 Å². The molecule has 2 heterocycles. The van der Waals surface area contributed by atoms with Crippen LogP contribution in [0.15, 0.2) is 48.5 Å². The molecular weight excluding hydrogens is 495 g/mol. The van der Waals surface area contributed by atoms with Gasteiger partial charge in [0.2, 0.25) is 15.9 Å². The molecule has 200 valence electrons. The summed E-state index contributed by atoms with van der Waals surface area (Å²) in [7, 11) is -3.69. The molecule has 5 rings (SSSR count). The smallest absolute Gasteiger partial charge is 0.231 e. The van der Waals surface area contributed by atoms with Gasteiger partial charge >= 0.3 is 0 Å². The van der Waals surface area contributed by atoms with Crippen LogP contribution in [0.1, 0.15) is 67.4 Å². The van der Waals surface area contributed by atoms with Crippen LogP contribution >= 0.6 is 0 Å². The minimum Gasteiger partial charge on any atom is -0.393 e. The quantitative estimate of drug-likeness (QED) is 0.596. The van der Waals surface area contributed by atoms with Gasteiger partial charge in [0.1, 0.15) is 11.1 Å². The van der Waals surface area contributed by atoms with Crippen LogP contribution in [-0.4, -0.2) is 55.1 Å². The maximum Gasteiger partial charge on any atom is 0.231 e. The number of ether oxygens (including phenoxy) is 1. The summed E-state index contributed by atoms with van der Waals surface area (Å²) in [6.07, 6.45) is 2.76. The Hall–Kier alpha value is -2.33. The lowest BCUT2D eigenvalue weighted by Gasteiger charge is -2.40. The lowest BCUT2D eigenvalue weighted by molar-refractivity contribution is -0.132. The first-order valence-electron chi connectivity index (χ1n) is 13.1. The molecule has 2 N–H and O–H groups in total. The van der Waals surface area contributed by atoms with Crippen LogP contribution in [0.2, 0.25) is 0 Å². The molecule has 9 heteroatoms. The highest BCUT2D eigenvalue weighted by molar-refractivity contribution is 7.89. The van der Waals surface area contributed by atoms with Gasteiger partial charge in [-0.2, -0.15) is 4.31 Å². The molecule has 0 aromatic heterocycles. The Bertz CT molecular complexity index is 1230. The molecule has 0 bridgehead atoms. The molecule has 2 saturated heterocycles. The summed E-state index contributed by atoms with van der Waals surface area (Å²) in [6, 6.07) is 13.6. The van der Waals surface area contributed by atoms with Crippen molar-refractivity contribution in [1.29, 1.82) is 0 Å². The predicted molar refractivity (Wildman–Crippen MR) is 138 cm³/mol. The van der Waals surface area contributed by atoms with Gasteiger partial charge in [-0.25, -0.2) is 12.8 Å². The van der Waals surface area contributed by atoms with E-state index in [1.54, 1.807) is 12.1 Å². The number of hydrogen-bond donors (Lipinski definition) is 2. The van der Waals surface area contributed by atoms with Gasteiger partial charge in [-0.3, -0.25) is 4.79 Å². The van der Waals surface area contributed by atoms with Crippen LogP contribution < -0.4 is 5.32 Å². The van der Waals surface area contributed by atoms with Crippen molar-refractivity contribution in [3.8, 4) is 0 Å². The molecule has 3 fully saturated rings. The monoisotopic (exact) mass is 530 g/mol. The van der Waals surface area contributed by atoms with Crippen LogP contribution in [0.5, 0.6) is 0 Å². The van der Waals surface area contributed by atoms with Crippen molar-refractivity contribution in [3.63, 3.8) is 0 Å². The minimum absolute atomic E-state index is 0.0543. The van der Waals surface area contributed by atoms with Crippen molar-refractivity contribution in [2.45, 2.75) is 80.8 Å². The zero-order chi connectivity index (χ0) is 26.2. The largest absolute Gasteiger partial charge is 0.393 e. The average molecular weight is 531 g/mol. The molecule has 37 heavy (non-hydrogen) atoms. The summed E-state index contributed by atoms with van der Waals surface area (Å²) in [6.45, 7) is 2.61. The lowest BCUT2D eigenvalue weighted by atomic mass is 9.72. The highest BCUT2D eigenvalue weighted by Gasteiger charge is 2.45. The molecule has 1 aliphatic carbocycles. The van der Waals surface area contributed by atoms with Crippen LogP contribution in [0.3, 0.4) is 0 Å². The van der Waals surface area contributed by atoms with Crippen LogP contribution in [0, 0.1) is 5.82 Å². The third-order valence-corrected chi connectivity index (χ3v) is 10.7. The molecule has 7 nitrogen and oxygen atoms in total.